The Hall–Kier alpha value is -3.08. The van der Waals surface area contributed by atoms with Gasteiger partial charge in [-0.2, -0.15) is 5.10 Å². The molecule has 0 unspecified atom stereocenters. The number of hydrogen-bond donors (Lipinski definition) is 0. The van der Waals surface area contributed by atoms with Crippen LogP contribution in [0, 0.1) is 0 Å². The van der Waals surface area contributed by atoms with Crippen molar-refractivity contribution >= 4 is 11.6 Å². The van der Waals surface area contributed by atoms with E-state index < -0.39 is 0 Å². The number of benzene rings is 2. The molecule has 0 aliphatic rings. The number of methoxy groups -OCH3 is 1. The highest BCUT2D eigenvalue weighted by Gasteiger charge is 2.19. The van der Waals surface area contributed by atoms with Crippen LogP contribution in [0.1, 0.15) is 10.5 Å². The molecular weight excluding hydrogens is 302 g/mol. The summed E-state index contributed by atoms with van der Waals surface area (Å²) in [4.78, 5) is 14.4. The number of anilines is 1. The van der Waals surface area contributed by atoms with Crippen molar-refractivity contribution in [2.75, 3.05) is 19.1 Å². The predicted molar refractivity (Wildman–Crippen MR) is 94.4 cm³/mol. The largest absolute Gasteiger partial charge is 0.497 e. The van der Waals surface area contributed by atoms with Crippen molar-refractivity contribution in [3.05, 3.63) is 66.4 Å². The molecular formula is C19H19N3O2. The van der Waals surface area contributed by atoms with Gasteiger partial charge in [-0.25, -0.2) is 0 Å². The second kappa shape index (κ2) is 6.58. The fourth-order valence-electron chi connectivity index (χ4n) is 2.53. The van der Waals surface area contributed by atoms with Gasteiger partial charge in [0.05, 0.1) is 12.8 Å². The summed E-state index contributed by atoms with van der Waals surface area (Å²) in [5.74, 6) is 0.651. The van der Waals surface area contributed by atoms with Gasteiger partial charge in [-0.1, -0.05) is 30.3 Å². The van der Waals surface area contributed by atoms with E-state index in [1.54, 1.807) is 36.9 Å². The minimum atomic E-state index is -0.106. The first-order valence-corrected chi connectivity index (χ1v) is 7.61. The van der Waals surface area contributed by atoms with Crippen molar-refractivity contribution in [1.29, 1.82) is 0 Å². The Morgan fingerprint density at radius 2 is 1.83 bits per heavy atom. The summed E-state index contributed by atoms with van der Waals surface area (Å²) >= 11 is 0. The summed E-state index contributed by atoms with van der Waals surface area (Å²) < 4.78 is 6.85. The van der Waals surface area contributed by atoms with Gasteiger partial charge in [0.15, 0.2) is 0 Å². The maximum Gasteiger partial charge on any atom is 0.276 e. The van der Waals surface area contributed by atoms with Crippen LogP contribution in [0.5, 0.6) is 5.75 Å². The lowest BCUT2D eigenvalue weighted by Crippen LogP contribution is -2.28. The Kier molecular flexibility index (Phi) is 4.33. The van der Waals surface area contributed by atoms with Gasteiger partial charge in [-0.3, -0.25) is 9.48 Å². The molecule has 0 spiro atoms. The first-order chi connectivity index (χ1) is 11.6. The molecule has 1 heterocycles. The third-order valence-electron chi connectivity index (χ3n) is 3.91. The molecule has 0 aliphatic carbocycles. The molecule has 0 saturated heterocycles. The highest BCUT2D eigenvalue weighted by molar-refractivity contribution is 6.05. The molecule has 0 radical (unpaired) electrons. The zero-order valence-electron chi connectivity index (χ0n) is 13.9. The second-order valence-electron chi connectivity index (χ2n) is 5.47. The number of carbonyl (C=O) groups is 1. The zero-order chi connectivity index (χ0) is 17.1. The maximum atomic E-state index is 12.8. The monoisotopic (exact) mass is 321 g/mol. The average Bonchev–Trinajstić information content (AvgIpc) is 3.03. The van der Waals surface area contributed by atoms with Crippen LogP contribution in [0.2, 0.25) is 0 Å². The zero-order valence-corrected chi connectivity index (χ0v) is 13.9. The van der Waals surface area contributed by atoms with Crippen molar-refractivity contribution in [3.63, 3.8) is 0 Å². The van der Waals surface area contributed by atoms with Crippen LogP contribution < -0.4 is 9.64 Å². The van der Waals surface area contributed by atoms with E-state index in [0.29, 0.717) is 5.69 Å². The average molecular weight is 321 g/mol. The Bertz CT molecular complexity index is 856. The number of rotatable bonds is 4. The van der Waals surface area contributed by atoms with Crippen LogP contribution in [-0.4, -0.2) is 29.8 Å². The third-order valence-corrected chi connectivity index (χ3v) is 3.91. The fourth-order valence-corrected chi connectivity index (χ4v) is 2.53. The molecule has 3 rings (SSSR count). The number of para-hydroxylation sites is 1. The molecule has 3 aromatic rings. The van der Waals surface area contributed by atoms with Crippen LogP contribution in [0.25, 0.3) is 11.3 Å². The van der Waals surface area contributed by atoms with Gasteiger partial charge in [0, 0.05) is 25.3 Å². The molecule has 122 valence electrons. The molecule has 1 amide bonds. The van der Waals surface area contributed by atoms with Crippen molar-refractivity contribution in [2.45, 2.75) is 0 Å². The first kappa shape index (κ1) is 15.8. The summed E-state index contributed by atoms with van der Waals surface area (Å²) in [6.45, 7) is 0. The standard InChI is InChI=1S/C19H19N3O2/c1-21(15-9-5-4-6-10-15)19(23)18-13-17(20-22(18)2)14-8-7-11-16(12-14)24-3/h4-13H,1-3H3. The van der Waals surface area contributed by atoms with Crippen LogP contribution >= 0.6 is 0 Å². The maximum absolute atomic E-state index is 12.8. The van der Waals surface area contributed by atoms with E-state index in [-0.39, 0.29) is 5.91 Å². The van der Waals surface area contributed by atoms with Crippen molar-refractivity contribution in [1.82, 2.24) is 9.78 Å². The molecule has 0 bridgehead atoms. The molecule has 24 heavy (non-hydrogen) atoms. The minimum Gasteiger partial charge on any atom is -0.497 e. The van der Waals surface area contributed by atoms with E-state index in [4.69, 9.17) is 4.74 Å². The van der Waals surface area contributed by atoms with Gasteiger partial charge in [-0.05, 0) is 30.3 Å². The van der Waals surface area contributed by atoms with Crippen molar-refractivity contribution in [3.8, 4) is 17.0 Å². The molecule has 2 aromatic carbocycles. The van der Waals surface area contributed by atoms with Gasteiger partial charge < -0.3 is 9.64 Å². The topological polar surface area (TPSA) is 47.4 Å². The SMILES string of the molecule is COc1cccc(-c2cc(C(=O)N(C)c3ccccc3)n(C)n2)c1. The highest BCUT2D eigenvalue weighted by Crippen LogP contribution is 2.24. The van der Waals surface area contributed by atoms with Crippen LogP contribution in [0.4, 0.5) is 5.69 Å². The number of ether oxygens (including phenoxy) is 1. The lowest BCUT2D eigenvalue weighted by Gasteiger charge is -2.16. The summed E-state index contributed by atoms with van der Waals surface area (Å²) in [5.41, 5.74) is 3.01. The van der Waals surface area contributed by atoms with Gasteiger partial charge in [0.1, 0.15) is 11.4 Å². The fraction of sp³-hybridized carbons (Fsp3) is 0.158. The van der Waals surface area contributed by atoms with Crippen molar-refractivity contribution in [2.24, 2.45) is 7.05 Å². The van der Waals surface area contributed by atoms with Crippen LogP contribution in [0.3, 0.4) is 0 Å². The molecule has 0 fully saturated rings. The highest BCUT2D eigenvalue weighted by atomic mass is 16.5. The van der Waals surface area contributed by atoms with E-state index in [9.17, 15) is 4.79 Å². The van der Waals surface area contributed by atoms with Crippen LogP contribution in [0.15, 0.2) is 60.7 Å². The van der Waals surface area contributed by atoms with Crippen molar-refractivity contribution < 1.29 is 9.53 Å². The molecule has 0 N–H and O–H groups in total. The van der Waals surface area contributed by atoms with E-state index >= 15 is 0 Å². The lowest BCUT2D eigenvalue weighted by atomic mass is 10.1. The molecule has 0 aliphatic heterocycles. The molecule has 5 nitrogen and oxygen atoms in total. The van der Waals surface area contributed by atoms with Gasteiger partial charge in [0.2, 0.25) is 0 Å². The van der Waals surface area contributed by atoms with E-state index in [0.717, 1.165) is 22.7 Å². The summed E-state index contributed by atoms with van der Waals surface area (Å²) in [7, 11) is 5.16. The Morgan fingerprint density at radius 3 is 2.54 bits per heavy atom. The number of amides is 1. The Balaban J connectivity index is 1.92. The number of nitrogens with zero attached hydrogens (tertiary/aromatic N) is 3. The molecule has 1 aromatic heterocycles. The summed E-state index contributed by atoms with van der Waals surface area (Å²) in [5, 5.41) is 4.47. The van der Waals surface area contributed by atoms with Gasteiger partial charge in [-0.15, -0.1) is 0 Å². The molecule has 0 saturated carbocycles. The number of carbonyl (C=O) groups excluding carboxylic acids is 1. The number of aromatic nitrogens is 2. The molecule has 5 heteroatoms. The Labute approximate surface area is 141 Å². The minimum absolute atomic E-state index is 0.106. The first-order valence-electron chi connectivity index (χ1n) is 7.61. The number of aryl methyl sites for hydroxylation is 1. The Morgan fingerprint density at radius 1 is 1.08 bits per heavy atom. The lowest BCUT2D eigenvalue weighted by molar-refractivity contribution is 0.0984. The molecule has 0 atom stereocenters. The van der Waals surface area contributed by atoms with E-state index in [1.807, 2.05) is 54.6 Å². The predicted octanol–water partition coefficient (Wildman–Crippen LogP) is 3.37. The van der Waals surface area contributed by atoms with E-state index in [2.05, 4.69) is 5.10 Å². The van der Waals surface area contributed by atoms with E-state index in [1.165, 1.54) is 0 Å². The normalized spacial score (nSPS) is 10.5. The summed E-state index contributed by atoms with van der Waals surface area (Å²) in [6, 6.07) is 19.0. The number of hydrogen-bond acceptors (Lipinski definition) is 3. The van der Waals surface area contributed by atoms with Crippen LogP contribution in [-0.2, 0) is 7.05 Å². The van der Waals surface area contributed by atoms with Gasteiger partial charge in [0.25, 0.3) is 5.91 Å². The second-order valence-corrected chi connectivity index (χ2v) is 5.47. The quantitative estimate of drug-likeness (QED) is 0.740. The summed E-state index contributed by atoms with van der Waals surface area (Å²) in [6.07, 6.45) is 0. The smallest absolute Gasteiger partial charge is 0.276 e. The third kappa shape index (κ3) is 3.01. The van der Waals surface area contributed by atoms with Gasteiger partial charge >= 0.3 is 0 Å².